The second kappa shape index (κ2) is 5.57. The van der Waals surface area contributed by atoms with E-state index in [1.54, 1.807) is 12.1 Å². The van der Waals surface area contributed by atoms with Gasteiger partial charge in [-0.2, -0.15) is 0 Å². The first kappa shape index (κ1) is 13.2. The number of nitrogens with zero attached hydrogens (tertiary/aromatic N) is 3. The van der Waals surface area contributed by atoms with Crippen LogP contribution in [0.5, 0.6) is 0 Å². The average Bonchev–Trinajstić information content (AvgIpc) is 2.90. The van der Waals surface area contributed by atoms with Crippen LogP contribution in [0.15, 0.2) is 28.7 Å². The van der Waals surface area contributed by atoms with Crippen LogP contribution < -0.4 is 5.32 Å². The van der Waals surface area contributed by atoms with Gasteiger partial charge in [0.25, 0.3) is 5.69 Å². The van der Waals surface area contributed by atoms with Crippen LogP contribution in [-0.2, 0) is 0 Å². The zero-order valence-electron chi connectivity index (χ0n) is 10.7. The lowest BCUT2D eigenvalue weighted by atomic mass is 10.2. The lowest BCUT2D eigenvalue weighted by Gasteiger charge is -2.07. The second-order valence-corrected chi connectivity index (χ2v) is 4.00. The van der Waals surface area contributed by atoms with E-state index < -0.39 is 4.92 Å². The van der Waals surface area contributed by atoms with Crippen LogP contribution in [0.1, 0.15) is 25.3 Å². The fourth-order valence-electron chi connectivity index (χ4n) is 1.75. The maximum atomic E-state index is 10.7. The van der Waals surface area contributed by atoms with E-state index in [-0.39, 0.29) is 17.6 Å². The van der Waals surface area contributed by atoms with E-state index in [1.807, 2.05) is 14.0 Å². The summed E-state index contributed by atoms with van der Waals surface area (Å²) in [6.45, 7) is 2.00. The number of non-ortho nitro benzene ring substituents is 1. The Balaban J connectivity index is 2.32. The van der Waals surface area contributed by atoms with Gasteiger partial charge >= 0.3 is 0 Å². The molecule has 0 bridgehead atoms. The smallest absolute Gasteiger partial charge is 0.270 e. The van der Waals surface area contributed by atoms with Gasteiger partial charge in [0.15, 0.2) is 0 Å². The van der Waals surface area contributed by atoms with Crippen molar-refractivity contribution >= 4 is 5.69 Å². The fourth-order valence-corrected chi connectivity index (χ4v) is 1.75. The van der Waals surface area contributed by atoms with Crippen molar-refractivity contribution < 1.29 is 9.34 Å². The largest absolute Gasteiger partial charge is 0.419 e. The van der Waals surface area contributed by atoms with E-state index in [0.717, 1.165) is 6.42 Å². The molecule has 100 valence electrons. The molecular formula is C12H14N4O3. The van der Waals surface area contributed by atoms with Gasteiger partial charge in [0.1, 0.15) is 0 Å². The zero-order valence-corrected chi connectivity index (χ0v) is 10.7. The van der Waals surface area contributed by atoms with Gasteiger partial charge < -0.3 is 9.73 Å². The van der Waals surface area contributed by atoms with Crippen molar-refractivity contribution in [2.45, 2.75) is 19.4 Å². The third-order valence-corrected chi connectivity index (χ3v) is 2.80. The molecule has 0 aliphatic rings. The average molecular weight is 262 g/mol. The van der Waals surface area contributed by atoms with Crippen LogP contribution >= 0.6 is 0 Å². The molecule has 7 heteroatoms. The van der Waals surface area contributed by atoms with E-state index in [1.165, 1.54) is 12.1 Å². The summed E-state index contributed by atoms with van der Waals surface area (Å²) < 4.78 is 5.54. The fraction of sp³-hybridized carbons (Fsp3) is 0.333. The zero-order chi connectivity index (χ0) is 13.8. The molecule has 1 aromatic heterocycles. The van der Waals surface area contributed by atoms with Gasteiger partial charge in [-0.05, 0) is 19.5 Å². The van der Waals surface area contributed by atoms with Crippen molar-refractivity contribution in [3.63, 3.8) is 0 Å². The summed E-state index contributed by atoms with van der Waals surface area (Å²) in [5.41, 5.74) is 0.539. The molecular weight excluding hydrogens is 248 g/mol. The lowest BCUT2D eigenvalue weighted by Crippen LogP contribution is -2.15. The molecule has 0 saturated heterocycles. The Kier molecular flexibility index (Phi) is 3.86. The molecule has 1 atom stereocenters. The Morgan fingerprint density at radius 2 is 2.26 bits per heavy atom. The molecule has 0 saturated carbocycles. The predicted octanol–water partition coefficient (Wildman–Crippen LogP) is 2.32. The van der Waals surface area contributed by atoms with Crippen molar-refractivity contribution in [2.24, 2.45) is 0 Å². The predicted molar refractivity (Wildman–Crippen MR) is 68.5 cm³/mol. The van der Waals surface area contributed by atoms with Gasteiger partial charge in [-0.25, -0.2) is 0 Å². The molecule has 1 unspecified atom stereocenters. The first-order valence-corrected chi connectivity index (χ1v) is 5.91. The highest BCUT2D eigenvalue weighted by atomic mass is 16.6. The number of nitro benzene ring substituents is 1. The molecule has 2 aromatic rings. The van der Waals surface area contributed by atoms with E-state index in [2.05, 4.69) is 15.5 Å². The number of rotatable bonds is 5. The molecule has 1 heterocycles. The minimum atomic E-state index is -0.455. The lowest BCUT2D eigenvalue weighted by molar-refractivity contribution is -0.384. The standard InChI is InChI=1S/C12H14N4O3/c1-3-10(13-2)12-15-14-11(19-12)8-5-4-6-9(7-8)16(17)18/h4-7,10,13H,3H2,1-2H3. The number of nitrogens with one attached hydrogen (secondary N) is 1. The highest BCUT2D eigenvalue weighted by molar-refractivity contribution is 5.57. The Bertz CT molecular complexity index is 578. The van der Waals surface area contributed by atoms with E-state index in [4.69, 9.17) is 4.42 Å². The minimum Gasteiger partial charge on any atom is -0.419 e. The summed E-state index contributed by atoms with van der Waals surface area (Å²) in [6.07, 6.45) is 0.813. The summed E-state index contributed by atoms with van der Waals surface area (Å²) in [7, 11) is 1.81. The highest BCUT2D eigenvalue weighted by Gasteiger charge is 2.17. The molecule has 1 aromatic carbocycles. The van der Waals surface area contributed by atoms with Crippen LogP contribution in [0.3, 0.4) is 0 Å². The maximum absolute atomic E-state index is 10.7. The Morgan fingerprint density at radius 3 is 2.89 bits per heavy atom. The van der Waals surface area contributed by atoms with Crippen molar-refractivity contribution in [1.82, 2.24) is 15.5 Å². The van der Waals surface area contributed by atoms with Crippen molar-refractivity contribution in [2.75, 3.05) is 7.05 Å². The van der Waals surface area contributed by atoms with Crippen LogP contribution in [0.2, 0.25) is 0 Å². The Labute approximate surface area is 109 Å². The molecule has 1 N–H and O–H groups in total. The van der Waals surface area contributed by atoms with Gasteiger partial charge in [-0.15, -0.1) is 10.2 Å². The van der Waals surface area contributed by atoms with E-state index in [9.17, 15) is 10.1 Å². The number of hydrogen-bond donors (Lipinski definition) is 1. The molecule has 0 radical (unpaired) electrons. The molecule has 7 nitrogen and oxygen atoms in total. The van der Waals surface area contributed by atoms with E-state index >= 15 is 0 Å². The molecule has 0 fully saturated rings. The highest BCUT2D eigenvalue weighted by Crippen LogP contribution is 2.24. The van der Waals surface area contributed by atoms with Gasteiger partial charge in [0.05, 0.1) is 11.0 Å². The molecule has 0 aliphatic heterocycles. The topological polar surface area (TPSA) is 94.1 Å². The molecule has 19 heavy (non-hydrogen) atoms. The SMILES string of the molecule is CCC(NC)c1nnc(-c2cccc([N+](=O)[O-])c2)o1. The van der Waals surface area contributed by atoms with Crippen LogP contribution in [0, 0.1) is 10.1 Å². The summed E-state index contributed by atoms with van der Waals surface area (Å²) in [4.78, 5) is 10.3. The van der Waals surface area contributed by atoms with Gasteiger partial charge in [0, 0.05) is 17.7 Å². The number of hydrogen-bond acceptors (Lipinski definition) is 6. The molecule has 2 rings (SSSR count). The molecule has 0 spiro atoms. The van der Waals surface area contributed by atoms with Crippen molar-refractivity contribution in [1.29, 1.82) is 0 Å². The maximum Gasteiger partial charge on any atom is 0.270 e. The normalized spacial score (nSPS) is 12.3. The van der Waals surface area contributed by atoms with Crippen LogP contribution in [-0.4, -0.2) is 22.2 Å². The number of nitro groups is 1. The van der Waals surface area contributed by atoms with Crippen molar-refractivity contribution in [3.8, 4) is 11.5 Å². The molecule has 0 aliphatic carbocycles. The van der Waals surface area contributed by atoms with E-state index in [0.29, 0.717) is 11.5 Å². The minimum absolute atomic E-state index is 0.00194. The third kappa shape index (κ3) is 2.76. The Morgan fingerprint density at radius 1 is 1.47 bits per heavy atom. The second-order valence-electron chi connectivity index (χ2n) is 4.00. The summed E-state index contributed by atoms with van der Waals surface area (Å²) in [5, 5.41) is 21.7. The first-order valence-electron chi connectivity index (χ1n) is 5.91. The third-order valence-electron chi connectivity index (χ3n) is 2.80. The number of aromatic nitrogens is 2. The first-order chi connectivity index (χ1) is 9.15. The number of benzene rings is 1. The Hall–Kier alpha value is -2.28. The van der Waals surface area contributed by atoms with Gasteiger partial charge in [-0.1, -0.05) is 13.0 Å². The molecule has 0 amide bonds. The monoisotopic (exact) mass is 262 g/mol. The quantitative estimate of drug-likeness (QED) is 0.656. The van der Waals surface area contributed by atoms with Crippen LogP contribution in [0.25, 0.3) is 11.5 Å². The van der Waals surface area contributed by atoms with Crippen molar-refractivity contribution in [3.05, 3.63) is 40.3 Å². The van der Waals surface area contributed by atoms with Gasteiger partial charge in [0.2, 0.25) is 11.8 Å². The van der Waals surface area contributed by atoms with Gasteiger partial charge in [-0.3, -0.25) is 10.1 Å². The summed E-state index contributed by atoms with van der Waals surface area (Å²) in [5.74, 6) is 0.763. The van der Waals surface area contributed by atoms with Crippen LogP contribution in [0.4, 0.5) is 5.69 Å². The summed E-state index contributed by atoms with van der Waals surface area (Å²) >= 11 is 0. The summed E-state index contributed by atoms with van der Waals surface area (Å²) in [6, 6.07) is 6.11.